The fraction of sp³-hybridized carbons (Fsp3) is 0.316. The largest absolute Gasteiger partial charge is 0.323 e. The van der Waals surface area contributed by atoms with Crippen molar-refractivity contribution in [2.24, 2.45) is 0 Å². The van der Waals surface area contributed by atoms with E-state index in [0.29, 0.717) is 6.54 Å². The second-order valence-corrected chi connectivity index (χ2v) is 7.41. The van der Waals surface area contributed by atoms with E-state index in [1.165, 1.54) is 5.56 Å². The SMILES string of the molecule is O=C(CCN1CCSC[C@H]1c1ccccc1)Nc1cc([N+](=O)[O-])ccc1F. The molecule has 0 saturated carbocycles. The first kappa shape index (κ1) is 19.3. The Morgan fingerprint density at radius 1 is 1.30 bits per heavy atom. The molecule has 8 heteroatoms. The molecule has 1 atom stereocenters. The van der Waals surface area contributed by atoms with E-state index in [1.54, 1.807) is 0 Å². The van der Waals surface area contributed by atoms with Crippen molar-refractivity contribution in [2.45, 2.75) is 12.5 Å². The highest BCUT2D eigenvalue weighted by Gasteiger charge is 2.24. The van der Waals surface area contributed by atoms with Crippen LogP contribution in [0.15, 0.2) is 48.5 Å². The molecule has 6 nitrogen and oxygen atoms in total. The zero-order valence-corrected chi connectivity index (χ0v) is 15.5. The minimum atomic E-state index is -0.689. The number of carbonyl (C=O) groups excluding carboxylic acids is 1. The van der Waals surface area contributed by atoms with E-state index in [-0.39, 0.29) is 29.7 Å². The van der Waals surface area contributed by atoms with Crippen LogP contribution < -0.4 is 5.32 Å². The fourth-order valence-corrected chi connectivity index (χ4v) is 4.23. The van der Waals surface area contributed by atoms with Crippen molar-refractivity contribution in [1.82, 2.24) is 4.90 Å². The maximum absolute atomic E-state index is 13.8. The minimum absolute atomic E-state index is 0.164. The van der Waals surface area contributed by atoms with Gasteiger partial charge in [-0.1, -0.05) is 30.3 Å². The smallest absolute Gasteiger partial charge is 0.271 e. The van der Waals surface area contributed by atoms with Crippen LogP contribution >= 0.6 is 11.8 Å². The Morgan fingerprint density at radius 3 is 2.81 bits per heavy atom. The lowest BCUT2D eigenvalue weighted by molar-refractivity contribution is -0.384. The van der Waals surface area contributed by atoms with E-state index < -0.39 is 10.7 Å². The summed E-state index contributed by atoms with van der Waals surface area (Å²) in [6, 6.07) is 13.5. The lowest BCUT2D eigenvalue weighted by Crippen LogP contribution is -2.38. The first-order valence-electron chi connectivity index (χ1n) is 8.65. The Labute approximate surface area is 160 Å². The zero-order chi connectivity index (χ0) is 19.2. The molecule has 1 amide bonds. The molecule has 1 saturated heterocycles. The van der Waals surface area contributed by atoms with E-state index in [0.717, 1.165) is 36.2 Å². The number of non-ortho nitro benzene ring substituents is 1. The number of nitro groups is 1. The van der Waals surface area contributed by atoms with Gasteiger partial charge in [0.25, 0.3) is 5.69 Å². The van der Waals surface area contributed by atoms with Crippen molar-refractivity contribution in [3.05, 3.63) is 70.0 Å². The number of amides is 1. The van der Waals surface area contributed by atoms with Gasteiger partial charge in [0, 0.05) is 49.2 Å². The molecule has 3 rings (SSSR count). The van der Waals surface area contributed by atoms with E-state index >= 15 is 0 Å². The number of carbonyl (C=O) groups is 1. The van der Waals surface area contributed by atoms with E-state index in [9.17, 15) is 19.3 Å². The van der Waals surface area contributed by atoms with E-state index in [4.69, 9.17) is 0 Å². The molecule has 1 aliphatic rings. The number of thioether (sulfide) groups is 1. The van der Waals surface area contributed by atoms with Gasteiger partial charge < -0.3 is 5.32 Å². The van der Waals surface area contributed by atoms with Crippen molar-refractivity contribution in [3.63, 3.8) is 0 Å². The molecule has 0 aliphatic carbocycles. The predicted molar refractivity (Wildman–Crippen MR) is 104 cm³/mol. The Kier molecular flexibility index (Phi) is 6.41. The number of nitrogens with one attached hydrogen (secondary N) is 1. The average Bonchev–Trinajstić information content (AvgIpc) is 2.69. The van der Waals surface area contributed by atoms with Crippen LogP contribution in [0.25, 0.3) is 0 Å². The number of halogens is 1. The average molecular weight is 389 g/mol. The normalized spacial score (nSPS) is 17.4. The summed E-state index contributed by atoms with van der Waals surface area (Å²) < 4.78 is 13.8. The third-order valence-electron chi connectivity index (χ3n) is 4.48. The van der Waals surface area contributed by atoms with Gasteiger partial charge in [0.05, 0.1) is 10.6 Å². The maximum Gasteiger partial charge on any atom is 0.271 e. The van der Waals surface area contributed by atoms with Crippen molar-refractivity contribution in [1.29, 1.82) is 0 Å². The van der Waals surface area contributed by atoms with Crippen LogP contribution in [-0.4, -0.2) is 40.3 Å². The van der Waals surface area contributed by atoms with Crippen LogP contribution in [0.5, 0.6) is 0 Å². The van der Waals surface area contributed by atoms with Crippen LogP contribution in [-0.2, 0) is 4.79 Å². The molecule has 0 unspecified atom stereocenters. The van der Waals surface area contributed by atoms with Gasteiger partial charge in [-0.3, -0.25) is 19.8 Å². The van der Waals surface area contributed by atoms with Crippen LogP contribution in [0.1, 0.15) is 18.0 Å². The molecule has 2 aromatic rings. The topological polar surface area (TPSA) is 75.5 Å². The summed E-state index contributed by atoms with van der Waals surface area (Å²) in [5, 5.41) is 13.3. The highest BCUT2D eigenvalue weighted by atomic mass is 32.2. The summed E-state index contributed by atoms with van der Waals surface area (Å²) >= 11 is 1.89. The lowest BCUT2D eigenvalue weighted by Gasteiger charge is -2.35. The maximum atomic E-state index is 13.8. The summed E-state index contributed by atoms with van der Waals surface area (Å²) in [7, 11) is 0. The van der Waals surface area contributed by atoms with Gasteiger partial charge in [0.15, 0.2) is 0 Å². The van der Waals surface area contributed by atoms with Crippen LogP contribution in [0.2, 0.25) is 0 Å². The summed E-state index contributed by atoms with van der Waals surface area (Å²) in [4.78, 5) is 24.7. The van der Waals surface area contributed by atoms with Crippen molar-refractivity contribution in [2.75, 3.05) is 29.9 Å². The summed E-state index contributed by atoms with van der Waals surface area (Å²) in [6.45, 7) is 1.42. The molecule has 27 heavy (non-hydrogen) atoms. The predicted octanol–water partition coefficient (Wildman–Crippen LogP) is 3.85. The van der Waals surface area contributed by atoms with E-state index in [1.807, 2.05) is 30.0 Å². The first-order chi connectivity index (χ1) is 13.0. The Bertz CT molecular complexity index is 819. The number of hydrogen-bond donors (Lipinski definition) is 1. The molecule has 1 aliphatic heterocycles. The van der Waals surface area contributed by atoms with Crippen molar-refractivity contribution in [3.8, 4) is 0 Å². The van der Waals surface area contributed by atoms with Gasteiger partial charge in [-0.05, 0) is 11.6 Å². The monoisotopic (exact) mass is 389 g/mol. The molecular weight excluding hydrogens is 369 g/mol. The Hall–Kier alpha value is -2.45. The first-order valence-corrected chi connectivity index (χ1v) is 9.80. The summed E-state index contributed by atoms with van der Waals surface area (Å²) in [5.41, 5.74) is 0.793. The number of rotatable bonds is 6. The number of anilines is 1. The number of hydrogen-bond acceptors (Lipinski definition) is 5. The molecule has 1 heterocycles. The number of nitrogens with zero attached hydrogens (tertiary/aromatic N) is 2. The molecule has 0 aromatic heterocycles. The molecule has 0 bridgehead atoms. The van der Waals surface area contributed by atoms with Crippen LogP contribution in [0.4, 0.5) is 15.8 Å². The fourth-order valence-electron chi connectivity index (χ4n) is 3.07. The quantitative estimate of drug-likeness (QED) is 0.600. The molecule has 1 fully saturated rings. The standard InChI is InChI=1S/C19H20FN3O3S/c20-16-7-6-15(23(25)26)12-17(16)21-19(24)8-9-22-10-11-27-13-18(22)14-4-2-1-3-5-14/h1-7,12,18H,8-11,13H2,(H,21,24)/t18-/m0/s1. The lowest BCUT2D eigenvalue weighted by atomic mass is 10.1. The molecule has 1 N–H and O–H groups in total. The second-order valence-electron chi connectivity index (χ2n) is 6.26. The van der Waals surface area contributed by atoms with E-state index in [2.05, 4.69) is 22.3 Å². The summed E-state index contributed by atoms with van der Waals surface area (Å²) in [6.07, 6.45) is 0.191. The molecular formula is C19H20FN3O3S. The number of nitro benzene ring substituents is 1. The highest BCUT2D eigenvalue weighted by molar-refractivity contribution is 7.99. The zero-order valence-electron chi connectivity index (χ0n) is 14.6. The number of benzene rings is 2. The van der Waals surface area contributed by atoms with Gasteiger partial charge in [0.2, 0.25) is 5.91 Å². The van der Waals surface area contributed by atoms with Gasteiger partial charge in [-0.2, -0.15) is 11.8 Å². The van der Waals surface area contributed by atoms with Gasteiger partial charge in [0.1, 0.15) is 5.82 Å². The third-order valence-corrected chi connectivity index (χ3v) is 5.51. The van der Waals surface area contributed by atoms with Crippen LogP contribution in [0, 0.1) is 15.9 Å². The third kappa shape index (κ3) is 5.05. The Balaban J connectivity index is 1.61. The minimum Gasteiger partial charge on any atom is -0.323 e. The highest BCUT2D eigenvalue weighted by Crippen LogP contribution is 2.29. The Morgan fingerprint density at radius 2 is 2.07 bits per heavy atom. The molecule has 0 spiro atoms. The van der Waals surface area contributed by atoms with Crippen molar-refractivity contribution >= 4 is 29.0 Å². The van der Waals surface area contributed by atoms with Gasteiger partial charge >= 0.3 is 0 Å². The molecule has 142 valence electrons. The van der Waals surface area contributed by atoms with Crippen molar-refractivity contribution < 1.29 is 14.1 Å². The second kappa shape index (κ2) is 8.96. The molecule has 0 radical (unpaired) electrons. The van der Waals surface area contributed by atoms with Crippen LogP contribution in [0.3, 0.4) is 0 Å². The molecule has 2 aromatic carbocycles. The van der Waals surface area contributed by atoms with Gasteiger partial charge in [-0.15, -0.1) is 0 Å². The summed E-state index contributed by atoms with van der Waals surface area (Å²) in [5.74, 6) is 0.917. The van der Waals surface area contributed by atoms with Gasteiger partial charge in [-0.25, -0.2) is 4.39 Å².